The number of nitrogens with one attached hydrogen (secondary N) is 2. The van der Waals surface area contributed by atoms with E-state index in [1.165, 1.54) is 24.4 Å². The molecule has 0 bridgehead atoms. The molecule has 2 aromatic rings. The van der Waals surface area contributed by atoms with Crippen LogP contribution in [-0.4, -0.2) is 15.9 Å². The van der Waals surface area contributed by atoms with Gasteiger partial charge in [0.25, 0.3) is 5.91 Å². The number of aromatic nitrogens is 2. The van der Waals surface area contributed by atoms with Crippen LogP contribution in [0.25, 0.3) is 0 Å². The van der Waals surface area contributed by atoms with Crippen molar-refractivity contribution >= 4 is 29.0 Å². The fourth-order valence-electron chi connectivity index (χ4n) is 1.40. The second kappa shape index (κ2) is 5.59. The van der Waals surface area contributed by atoms with Crippen molar-refractivity contribution in [1.29, 1.82) is 0 Å². The molecule has 19 heavy (non-hydrogen) atoms. The molecule has 4 N–H and O–H groups in total. The first-order valence-electron chi connectivity index (χ1n) is 5.17. The highest BCUT2D eigenvalue weighted by atomic mass is 35.5. The van der Waals surface area contributed by atoms with Crippen LogP contribution in [0, 0.1) is 5.82 Å². The van der Waals surface area contributed by atoms with Crippen molar-refractivity contribution in [3.05, 3.63) is 47.1 Å². The maximum absolute atomic E-state index is 13.4. The molecule has 6 nitrogen and oxygen atoms in total. The topological polar surface area (TPSA) is 92.9 Å². The number of amides is 1. The van der Waals surface area contributed by atoms with Crippen LogP contribution in [-0.2, 0) is 0 Å². The van der Waals surface area contributed by atoms with E-state index in [4.69, 9.17) is 17.4 Å². The lowest BCUT2D eigenvalue weighted by atomic mass is 10.2. The number of nitrogens with two attached hydrogens (primary N) is 1. The number of anilines is 2. The van der Waals surface area contributed by atoms with Gasteiger partial charge in [-0.05, 0) is 23.7 Å². The standard InChI is InChI=1S/C11H9ClFN5O/c12-11-15-5-8(9(17-11)18-14)16-10(19)6-3-1-2-4-7(6)13/h1-5H,14H2,(H,16,19)(H,15,17,18). The Kier molecular flexibility index (Phi) is 3.88. The number of carbonyl (C=O) groups is 1. The summed E-state index contributed by atoms with van der Waals surface area (Å²) in [6.07, 6.45) is 1.27. The van der Waals surface area contributed by atoms with Crippen molar-refractivity contribution in [2.75, 3.05) is 10.7 Å². The van der Waals surface area contributed by atoms with Crippen LogP contribution in [0.4, 0.5) is 15.9 Å². The van der Waals surface area contributed by atoms with Crippen LogP contribution in [0.15, 0.2) is 30.5 Å². The van der Waals surface area contributed by atoms with Gasteiger partial charge in [0.2, 0.25) is 5.28 Å². The zero-order valence-corrected chi connectivity index (χ0v) is 10.3. The number of carbonyl (C=O) groups excluding carboxylic acids is 1. The number of hydrogen-bond donors (Lipinski definition) is 3. The first-order valence-corrected chi connectivity index (χ1v) is 5.54. The van der Waals surface area contributed by atoms with Crippen LogP contribution in [0.1, 0.15) is 10.4 Å². The first-order chi connectivity index (χ1) is 9.11. The molecule has 0 saturated heterocycles. The smallest absolute Gasteiger partial charge is 0.258 e. The van der Waals surface area contributed by atoms with E-state index in [9.17, 15) is 9.18 Å². The number of benzene rings is 1. The lowest BCUT2D eigenvalue weighted by Crippen LogP contribution is -2.18. The summed E-state index contributed by atoms with van der Waals surface area (Å²) in [6.45, 7) is 0. The lowest BCUT2D eigenvalue weighted by molar-refractivity contribution is 0.102. The number of nitrogen functional groups attached to an aromatic ring is 1. The Hall–Kier alpha value is -2.25. The maximum atomic E-state index is 13.4. The van der Waals surface area contributed by atoms with Crippen molar-refractivity contribution in [1.82, 2.24) is 9.97 Å². The summed E-state index contributed by atoms with van der Waals surface area (Å²) in [5.74, 6) is 4.10. The van der Waals surface area contributed by atoms with E-state index in [0.29, 0.717) is 0 Å². The van der Waals surface area contributed by atoms with Crippen molar-refractivity contribution in [2.45, 2.75) is 0 Å². The summed E-state index contributed by atoms with van der Waals surface area (Å²) in [7, 11) is 0. The van der Waals surface area contributed by atoms with E-state index in [0.717, 1.165) is 0 Å². The van der Waals surface area contributed by atoms with E-state index in [2.05, 4.69) is 20.7 Å². The lowest BCUT2D eigenvalue weighted by Gasteiger charge is -2.09. The summed E-state index contributed by atoms with van der Waals surface area (Å²) in [4.78, 5) is 19.4. The Morgan fingerprint density at radius 1 is 1.37 bits per heavy atom. The highest BCUT2D eigenvalue weighted by molar-refractivity contribution is 6.28. The molecule has 0 unspecified atom stereocenters. The molecule has 0 saturated carbocycles. The third kappa shape index (κ3) is 2.95. The molecule has 0 aliphatic rings. The molecular formula is C11H9ClFN5O. The Morgan fingerprint density at radius 3 is 2.79 bits per heavy atom. The number of halogens is 2. The molecule has 1 aromatic carbocycles. The van der Waals surface area contributed by atoms with Crippen LogP contribution in [0.3, 0.4) is 0 Å². The summed E-state index contributed by atoms with van der Waals surface area (Å²) >= 11 is 5.58. The molecule has 1 heterocycles. The van der Waals surface area contributed by atoms with Crippen molar-refractivity contribution in [3.8, 4) is 0 Å². The van der Waals surface area contributed by atoms with E-state index < -0.39 is 11.7 Å². The van der Waals surface area contributed by atoms with Crippen molar-refractivity contribution < 1.29 is 9.18 Å². The van der Waals surface area contributed by atoms with E-state index in [1.807, 2.05) is 0 Å². The molecule has 8 heteroatoms. The van der Waals surface area contributed by atoms with Gasteiger partial charge in [0.15, 0.2) is 5.82 Å². The van der Waals surface area contributed by atoms with Gasteiger partial charge in [-0.2, -0.15) is 4.98 Å². The summed E-state index contributed by atoms with van der Waals surface area (Å²) in [5, 5.41) is 2.41. The van der Waals surface area contributed by atoms with Crippen molar-refractivity contribution in [2.24, 2.45) is 5.84 Å². The number of hydrogen-bond acceptors (Lipinski definition) is 5. The molecule has 0 spiro atoms. The van der Waals surface area contributed by atoms with Crippen molar-refractivity contribution in [3.63, 3.8) is 0 Å². The van der Waals surface area contributed by atoms with Gasteiger partial charge >= 0.3 is 0 Å². The average Bonchev–Trinajstić information content (AvgIpc) is 2.41. The molecule has 0 atom stereocenters. The molecule has 98 valence electrons. The number of nitrogens with zero attached hydrogens (tertiary/aromatic N) is 2. The Balaban J connectivity index is 2.27. The highest BCUT2D eigenvalue weighted by Crippen LogP contribution is 2.19. The predicted octanol–water partition coefficient (Wildman–Crippen LogP) is 1.81. The molecule has 1 amide bonds. The Labute approximate surface area is 112 Å². The van der Waals surface area contributed by atoms with E-state index in [-0.39, 0.29) is 22.4 Å². The van der Waals surface area contributed by atoms with E-state index >= 15 is 0 Å². The molecule has 0 aliphatic heterocycles. The third-order valence-electron chi connectivity index (χ3n) is 2.26. The van der Waals surface area contributed by atoms with Crippen LogP contribution >= 0.6 is 11.6 Å². The molecule has 0 radical (unpaired) electrons. The fourth-order valence-corrected chi connectivity index (χ4v) is 1.53. The van der Waals surface area contributed by atoms with Gasteiger partial charge in [-0.15, -0.1) is 0 Å². The first kappa shape index (κ1) is 13.2. The normalized spacial score (nSPS) is 10.1. The van der Waals surface area contributed by atoms with Gasteiger partial charge < -0.3 is 10.7 Å². The summed E-state index contributed by atoms with van der Waals surface area (Å²) in [5.41, 5.74) is 2.36. The van der Waals surface area contributed by atoms with Gasteiger partial charge in [-0.1, -0.05) is 12.1 Å². The second-order valence-electron chi connectivity index (χ2n) is 3.48. The van der Waals surface area contributed by atoms with Gasteiger partial charge in [0, 0.05) is 0 Å². The van der Waals surface area contributed by atoms with Gasteiger partial charge in [-0.3, -0.25) is 4.79 Å². The minimum Gasteiger partial charge on any atom is -0.317 e. The predicted molar refractivity (Wildman–Crippen MR) is 69.2 cm³/mol. The van der Waals surface area contributed by atoms with Crippen LogP contribution in [0.5, 0.6) is 0 Å². The van der Waals surface area contributed by atoms with Gasteiger partial charge in [0.1, 0.15) is 11.5 Å². The fraction of sp³-hybridized carbons (Fsp3) is 0. The quantitative estimate of drug-likeness (QED) is 0.453. The molecular weight excluding hydrogens is 273 g/mol. The summed E-state index contributed by atoms with van der Waals surface area (Å²) < 4.78 is 13.4. The molecule has 1 aromatic heterocycles. The Morgan fingerprint density at radius 2 is 2.11 bits per heavy atom. The number of hydrazine groups is 1. The third-order valence-corrected chi connectivity index (χ3v) is 2.44. The summed E-state index contributed by atoms with van der Waals surface area (Å²) in [6, 6.07) is 5.59. The van der Waals surface area contributed by atoms with E-state index in [1.54, 1.807) is 6.07 Å². The minimum absolute atomic E-state index is 0.0307. The maximum Gasteiger partial charge on any atom is 0.258 e. The van der Waals surface area contributed by atoms with Crippen LogP contribution in [0.2, 0.25) is 5.28 Å². The minimum atomic E-state index is -0.638. The van der Waals surface area contributed by atoms with Gasteiger partial charge in [0.05, 0.1) is 11.8 Å². The molecule has 2 rings (SSSR count). The average molecular weight is 282 g/mol. The second-order valence-corrected chi connectivity index (χ2v) is 3.82. The number of rotatable bonds is 3. The van der Waals surface area contributed by atoms with Gasteiger partial charge in [-0.25, -0.2) is 15.2 Å². The van der Waals surface area contributed by atoms with Crippen LogP contribution < -0.4 is 16.6 Å². The zero-order valence-electron chi connectivity index (χ0n) is 9.52. The molecule has 0 aliphatic carbocycles. The Bertz CT molecular complexity index is 622. The SMILES string of the molecule is NNc1nc(Cl)ncc1NC(=O)c1ccccc1F. The monoisotopic (exact) mass is 281 g/mol. The zero-order chi connectivity index (χ0) is 13.8. The highest BCUT2D eigenvalue weighted by Gasteiger charge is 2.14. The molecule has 0 fully saturated rings. The largest absolute Gasteiger partial charge is 0.317 e.